The topological polar surface area (TPSA) is 56.6 Å². The van der Waals surface area contributed by atoms with Crippen molar-refractivity contribution in [2.75, 3.05) is 48.3 Å². The Morgan fingerprint density at radius 1 is 1.11 bits per heavy atom. The van der Waals surface area contributed by atoms with Crippen molar-refractivity contribution in [1.82, 2.24) is 4.90 Å². The first kappa shape index (κ1) is 24.6. The quantitative estimate of drug-likeness (QED) is 0.396. The van der Waals surface area contributed by atoms with Crippen molar-refractivity contribution in [3.05, 3.63) is 35.9 Å². The van der Waals surface area contributed by atoms with Crippen LogP contribution in [0.15, 0.2) is 40.1 Å². The van der Waals surface area contributed by atoms with Gasteiger partial charge >= 0.3 is 6.18 Å². The van der Waals surface area contributed by atoms with E-state index < -0.39 is 11.7 Å². The Labute approximate surface area is 209 Å². The summed E-state index contributed by atoms with van der Waals surface area (Å²) in [6.07, 6.45) is -1.49. The van der Waals surface area contributed by atoms with Gasteiger partial charge in [-0.25, -0.2) is 0 Å². The lowest BCUT2D eigenvalue weighted by Crippen LogP contribution is -2.41. The van der Waals surface area contributed by atoms with Gasteiger partial charge in [0.1, 0.15) is 0 Å². The van der Waals surface area contributed by atoms with Gasteiger partial charge in [-0.1, -0.05) is 18.7 Å². The van der Waals surface area contributed by atoms with Crippen molar-refractivity contribution < 1.29 is 13.2 Å². The molecule has 35 heavy (non-hydrogen) atoms. The highest BCUT2D eigenvalue weighted by atomic mass is 32.2. The minimum atomic E-state index is -4.40. The molecule has 2 atom stereocenters. The van der Waals surface area contributed by atoms with Crippen molar-refractivity contribution in [2.45, 2.75) is 61.2 Å². The Morgan fingerprint density at radius 3 is 2.54 bits per heavy atom. The van der Waals surface area contributed by atoms with E-state index in [1.54, 1.807) is 0 Å². The van der Waals surface area contributed by atoms with Crippen molar-refractivity contribution in [3.63, 3.8) is 0 Å². The van der Waals surface area contributed by atoms with Crippen LogP contribution in [0.2, 0.25) is 0 Å². The second-order valence-electron chi connectivity index (χ2n) is 10.2. The highest BCUT2D eigenvalue weighted by Crippen LogP contribution is 2.51. The van der Waals surface area contributed by atoms with Crippen molar-refractivity contribution in [3.8, 4) is 0 Å². The number of benzene rings is 2. The lowest BCUT2D eigenvalue weighted by atomic mass is 10.0. The molecule has 0 aromatic heterocycles. The van der Waals surface area contributed by atoms with E-state index in [0.29, 0.717) is 29.1 Å². The number of hydrogen-bond donors (Lipinski definition) is 3. The third-order valence-corrected chi connectivity index (χ3v) is 8.48. The zero-order valence-corrected chi connectivity index (χ0v) is 21.1. The van der Waals surface area contributed by atoms with Gasteiger partial charge in [0.25, 0.3) is 0 Å². The molecule has 190 valence electrons. The summed E-state index contributed by atoms with van der Waals surface area (Å²) < 4.78 is 41.4. The summed E-state index contributed by atoms with van der Waals surface area (Å²) in [5.41, 5.74) is 8.38. The van der Waals surface area contributed by atoms with E-state index in [1.807, 2.05) is 0 Å². The van der Waals surface area contributed by atoms with E-state index in [2.05, 4.69) is 52.5 Å². The maximum absolute atomic E-state index is 13.8. The fourth-order valence-electron chi connectivity index (χ4n) is 5.60. The van der Waals surface area contributed by atoms with E-state index in [9.17, 15) is 13.2 Å². The van der Waals surface area contributed by atoms with Crippen LogP contribution in [-0.2, 0) is 6.18 Å². The van der Waals surface area contributed by atoms with Crippen molar-refractivity contribution >= 4 is 34.5 Å². The molecule has 3 heterocycles. The lowest BCUT2D eigenvalue weighted by molar-refractivity contribution is -0.137. The molecule has 2 aromatic rings. The molecule has 9 heteroatoms. The number of halogens is 3. The molecule has 4 N–H and O–H groups in total. The van der Waals surface area contributed by atoms with Crippen LogP contribution in [-0.4, -0.2) is 49.7 Å². The molecule has 0 radical (unpaired) electrons. The van der Waals surface area contributed by atoms with E-state index in [4.69, 9.17) is 5.73 Å². The first-order valence-electron chi connectivity index (χ1n) is 12.5. The first-order chi connectivity index (χ1) is 16.7. The predicted molar refractivity (Wildman–Crippen MR) is 138 cm³/mol. The van der Waals surface area contributed by atoms with Crippen LogP contribution in [0.1, 0.15) is 38.7 Å². The molecule has 2 unspecified atom stereocenters. The second kappa shape index (κ2) is 9.75. The molecule has 3 aliphatic heterocycles. The summed E-state index contributed by atoms with van der Waals surface area (Å²) in [5.74, 6) is 0.637. The maximum atomic E-state index is 13.8. The van der Waals surface area contributed by atoms with E-state index in [-0.39, 0.29) is 6.04 Å². The van der Waals surface area contributed by atoms with Gasteiger partial charge < -0.3 is 26.2 Å². The van der Waals surface area contributed by atoms with Gasteiger partial charge in [-0.15, -0.1) is 0 Å². The van der Waals surface area contributed by atoms with Crippen LogP contribution in [0.25, 0.3) is 0 Å². The number of fused-ring (bicyclic) bond motifs is 2. The highest BCUT2D eigenvalue weighted by Gasteiger charge is 2.34. The van der Waals surface area contributed by atoms with Crippen LogP contribution in [0.5, 0.6) is 0 Å². The van der Waals surface area contributed by atoms with E-state index in [1.165, 1.54) is 23.9 Å². The number of piperidine rings is 1. The summed E-state index contributed by atoms with van der Waals surface area (Å²) >= 11 is 1.42. The average Bonchev–Trinajstić information content (AvgIpc) is 3.16. The molecular weight excluding hydrogens is 471 g/mol. The van der Waals surface area contributed by atoms with Crippen molar-refractivity contribution in [2.24, 2.45) is 11.7 Å². The molecule has 0 spiro atoms. The van der Waals surface area contributed by atoms with Gasteiger partial charge in [0, 0.05) is 60.3 Å². The molecule has 5 rings (SSSR count). The third kappa shape index (κ3) is 5.22. The van der Waals surface area contributed by atoms with Gasteiger partial charge in [0.15, 0.2) is 0 Å². The van der Waals surface area contributed by atoms with Crippen LogP contribution in [0.4, 0.5) is 35.9 Å². The van der Waals surface area contributed by atoms with Crippen LogP contribution >= 0.6 is 11.8 Å². The van der Waals surface area contributed by atoms with E-state index in [0.717, 1.165) is 67.4 Å². The summed E-state index contributed by atoms with van der Waals surface area (Å²) in [4.78, 5) is 6.28. The fourth-order valence-corrected chi connectivity index (χ4v) is 6.69. The summed E-state index contributed by atoms with van der Waals surface area (Å²) in [7, 11) is 0. The minimum absolute atomic E-state index is 0.130. The van der Waals surface area contributed by atoms with Gasteiger partial charge in [0.2, 0.25) is 0 Å². The standard InChI is InChI=1S/C26H34F3N5S/c1-16-11-17(2)34(15-16)20-3-4-21-23(14-20)35-24-13-18(26(27,28)29)12-22(25(24)32-21)31-19-5-8-33(9-6-19)10-7-30/h3-4,12-14,16-17,19,31-32H,5-11,15,30H2,1-2H3. The summed E-state index contributed by atoms with van der Waals surface area (Å²) in [6.45, 7) is 8.78. The SMILES string of the molecule is CC1CC(C)N(c2ccc3c(c2)Sc2cc(C(F)(F)F)cc(NC4CCN(CCN)CC4)c2N3)C1. The number of nitrogens with one attached hydrogen (secondary N) is 2. The summed E-state index contributed by atoms with van der Waals surface area (Å²) in [5, 5.41) is 6.89. The van der Waals surface area contributed by atoms with Gasteiger partial charge in [-0.2, -0.15) is 13.2 Å². The number of anilines is 4. The van der Waals surface area contributed by atoms with Crippen LogP contribution in [0.3, 0.4) is 0 Å². The number of hydrogen-bond acceptors (Lipinski definition) is 6. The number of rotatable bonds is 5. The molecule has 2 fully saturated rings. The van der Waals surface area contributed by atoms with Crippen LogP contribution < -0.4 is 21.3 Å². The fraction of sp³-hybridized carbons (Fsp3) is 0.538. The van der Waals surface area contributed by atoms with Gasteiger partial charge in [-0.3, -0.25) is 0 Å². The van der Waals surface area contributed by atoms with Gasteiger partial charge in [0.05, 0.1) is 22.6 Å². The number of nitrogens with zero attached hydrogens (tertiary/aromatic N) is 2. The molecule has 0 saturated carbocycles. The highest BCUT2D eigenvalue weighted by molar-refractivity contribution is 7.99. The molecule has 2 saturated heterocycles. The molecule has 5 nitrogen and oxygen atoms in total. The number of likely N-dealkylation sites (tertiary alicyclic amines) is 1. The maximum Gasteiger partial charge on any atom is 0.416 e. The monoisotopic (exact) mass is 505 g/mol. The number of nitrogens with two attached hydrogens (primary N) is 1. The summed E-state index contributed by atoms with van der Waals surface area (Å²) in [6, 6.07) is 9.42. The molecular formula is C26H34F3N5S. The van der Waals surface area contributed by atoms with Crippen LogP contribution in [0, 0.1) is 5.92 Å². The average molecular weight is 506 g/mol. The predicted octanol–water partition coefficient (Wildman–Crippen LogP) is 5.98. The first-order valence-corrected chi connectivity index (χ1v) is 13.3. The molecule has 0 amide bonds. The number of alkyl halides is 3. The largest absolute Gasteiger partial charge is 0.416 e. The Bertz CT molecular complexity index is 1070. The van der Waals surface area contributed by atoms with Crippen molar-refractivity contribution in [1.29, 1.82) is 0 Å². The zero-order chi connectivity index (χ0) is 24.7. The normalized spacial score (nSPS) is 23.1. The Morgan fingerprint density at radius 2 is 1.89 bits per heavy atom. The molecule has 0 bridgehead atoms. The van der Waals surface area contributed by atoms with E-state index >= 15 is 0 Å². The molecule has 0 aliphatic carbocycles. The second-order valence-corrected chi connectivity index (χ2v) is 11.3. The zero-order valence-electron chi connectivity index (χ0n) is 20.3. The Balaban J connectivity index is 1.42. The lowest BCUT2D eigenvalue weighted by Gasteiger charge is -2.34. The van der Waals surface area contributed by atoms with Gasteiger partial charge in [-0.05, 0) is 62.4 Å². The molecule has 2 aromatic carbocycles. The smallest absolute Gasteiger partial charge is 0.380 e. The Kier molecular flexibility index (Phi) is 6.85. The minimum Gasteiger partial charge on any atom is -0.380 e. The third-order valence-electron chi connectivity index (χ3n) is 7.38. The molecule has 3 aliphatic rings. The Hall–Kier alpha value is -2.10.